The molecule has 6 rings (SSSR count). The average molecular weight is 566 g/mol. The molecule has 2 aromatic heterocycles. The molecule has 2 heterocycles. The van der Waals surface area contributed by atoms with Crippen molar-refractivity contribution >= 4 is 28.6 Å². The zero-order valence-electron chi connectivity index (χ0n) is 23.1. The van der Waals surface area contributed by atoms with E-state index in [0.29, 0.717) is 16.6 Å². The van der Waals surface area contributed by atoms with Gasteiger partial charge in [0.2, 0.25) is 0 Å². The van der Waals surface area contributed by atoms with Gasteiger partial charge < -0.3 is 9.90 Å². The molecule has 0 atom stereocenters. The summed E-state index contributed by atoms with van der Waals surface area (Å²) in [5, 5.41) is 29.5. The highest BCUT2D eigenvalue weighted by atomic mass is 16.6. The smallest absolute Gasteiger partial charge is 0.278 e. The number of pyridine rings is 1. The molecule has 0 bridgehead atoms. The molecule has 0 saturated carbocycles. The van der Waals surface area contributed by atoms with Crippen molar-refractivity contribution in [1.29, 1.82) is 0 Å². The van der Waals surface area contributed by atoms with E-state index in [-0.39, 0.29) is 11.3 Å². The first-order valence-corrected chi connectivity index (χ1v) is 13.6. The number of carbonyl (C=O) groups excluding carboxylic acids is 1. The van der Waals surface area contributed by atoms with E-state index in [9.17, 15) is 20.0 Å². The number of benzene rings is 4. The largest absolute Gasteiger partial charge is 0.545 e. The zero-order chi connectivity index (χ0) is 30.0. The number of nitro benzene ring substituents is 1. The molecule has 43 heavy (non-hydrogen) atoms. The van der Waals surface area contributed by atoms with Crippen LogP contribution in [0.4, 0.5) is 5.69 Å². The van der Waals surface area contributed by atoms with E-state index in [2.05, 4.69) is 4.98 Å². The minimum atomic E-state index is -1.45. The summed E-state index contributed by atoms with van der Waals surface area (Å²) in [6.07, 6.45) is 3.67. The average Bonchev–Trinajstić information content (AvgIpc) is 3.40. The Morgan fingerprint density at radius 3 is 1.88 bits per heavy atom. The van der Waals surface area contributed by atoms with Crippen molar-refractivity contribution < 1.29 is 14.8 Å². The molecule has 0 N–H and O–H groups in total. The maximum absolute atomic E-state index is 12.4. The third-order valence-electron chi connectivity index (χ3n) is 7.49. The fraction of sp³-hybridized carbons (Fsp3) is 0.0571. The van der Waals surface area contributed by atoms with Crippen LogP contribution in [0.25, 0.3) is 28.2 Å². The van der Waals surface area contributed by atoms with Crippen molar-refractivity contribution in [3.8, 4) is 11.3 Å². The van der Waals surface area contributed by atoms with Crippen LogP contribution < -0.4 is 5.11 Å². The molecule has 6 aromatic rings. The van der Waals surface area contributed by atoms with Crippen molar-refractivity contribution in [3.05, 3.63) is 166 Å². The summed E-state index contributed by atoms with van der Waals surface area (Å²) in [5.74, 6) is -1.45. The number of fused-ring (bicyclic) bond motifs is 1. The molecular formula is C35H25N4O4-. The van der Waals surface area contributed by atoms with Gasteiger partial charge in [-0.1, -0.05) is 91.0 Å². The molecule has 210 valence electrons. The first-order valence-electron chi connectivity index (χ1n) is 13.6. The molecule has 0 spiro atoms. The number of nitro groups is 1. The van der Waals surface area contributed by atoms with Gasteiger partial charge in [0, 0.05) is 28.9 Å². The second-order valence-corrected chi connectivity index (χ2v) is 10.1. The third-order valence-corrected chi connectivity index (χ3v) is 7.49. The first-order chi connectivity index (χ1) is 20.9. The molecule has 8 nitrogen and oxygen atoms in total. The normalized spacial score (nSPS) is 11.7. The van der Waals surface area contributed by atoms with Crippen LogP contribution in [-0.2, 0) is 10.3 Å². The lowest BCUT2D eigenvalue weighted by molar-refractivity contribution is -0.385. The summed E-state index contributed by atoms with van der Waals surface area (Å²) < 4.78 is 1.85. The summed E-state index contributed by atoms with van der Waals surface area (Å²) in [4.78, 5) is 27.5. The molecule has 0 radical (unpaired) electrons. The van der Waals surface area contributed by atoms with E-state index in [4.69, 9.17) is 5.10 Å². The van der Waals surface area contributed by atoms with E-state index in [1.165, 1.54) is 12.1 Å². The second kappa shape index (κ2) is 11.2. The Morgan fingerprint density at radius 1 is 0.837 bits per heavy atom. The highest BCUT2D eigenvalue weighted by Gasteiger charge is 2.41. The number of aromatic nitrogens is 3. The van der Waals surface area contributed by atoms with Crippen molar-refractivity contribution in [2.24, 2.45) is 0 Å². The fourth-order valence-electron chi connectivity index (χ4n) is 5.68. The summed E-state index contributed by atoms with van der Waals surface area (Å²) in [7, 11) is 0. The lowest BCUT2D eigenvalue weighted by atomic mass is 9.77. The molecule has 8 heteroatoms. The van der Waals surface area contributed by atoms with Crippen molar-refractivity contribution in [1.82, 2.24) is 14.8 Å². The van der Waals surface area contributed by atoms with Crippen LogP contribution in [-0.4, -0.2) is 25.7 Å². The fourth-order valence-corrected chi connectivity index (χ4v) is 5.68. The number of carboxylic acids is 1. The topological polar surface area (TPSA) is 114 Å². The number of carbonyl (C=O) groups is 1. The predicted molar refractivity (Wildman–Crippen MR) is 163 cm³/mol. The Hall–Kier alpha value is -5.89. The van der Waals surface area contributed by atoms with Crippen LogP contribution in [0.5, 0.6) is 0 Å². The van der Waals surface area contributed by atoms with Crippen LogP contribution >= 0.6 is 0 Å². The molecular weight excluding hydrogens is 540 g/mol. The number of rotatable bonds is 8. The van der Waals surface area contributed by atoms with Crippen LogP contribution in [0.1, 0.15) is 27.9 Å². The number of carboxylic acid groups (broad SMARTS) is 1. The Balaban J connectivity index is 1.83. The van der Waals surface area contributed by atoms with Crippen molar-refractivity contribution in [3.63, 3.8) is 0 Å². The lowest BCUT2D eigenvalue weighted by Gasteiger charge is -2.37. The molecule has 0 aliphatic rings. The summed E-state index contributed by atoms with van der Waals surface area (Å²) in [6.45, 7) is 1.88. The summed E-state index contributed by atoms with van der Waals surface area (Å²) in [6, 6.07) is 36.5. The Labute approximate surface area is 247 Å². The van der Waals surface area contributed by atoms with Gasteiger partial charge in [0.25, 0.3) is 5.69 Å². The van der Waals surface area contributed by atoms with Gasteiger partial charge in [-0.25, -0.2) is 4.68 Å². The number of hydrogen-bond donors (Lipinski definition) is 0. The number of aliphatic carboxylic acids is 1. The van der Waals surface area contributed by atoms with Crippen LogP contribution in [0.15, 0.2) is 128 Å². The molecule has 0 saturated heterocycles. The van der Waals surface area contributed by atoms with Gasteiger partial charge >= 0.3 is 0 Å². The number of aryl methyl sites for hydroxylation is 1. The monoisotopic (exact) mass is 565 g/mol. The predicted octanol–water partition coefficient (Wildman–Crippen LogP) is 5.92. The molecule has 0 amide bonds. The molecule has 0 aliphatic heterocycles. The van der Waals surface area contributed by atoms with Gasteiger partial charge in [-0.2, -0.15) is 5.10 Å². The van der Waals surface area contributed by atoms with Gasteiger partial charge in [0.05, 0.1) is 22.0 Å². The SMILES string of the molecule is Cc1cc(-c2nn(C(c3ccccc3)(c3ccccc3)c3ccccc3)c3cc([N+](=O)[O-])c(/C=C/C(=O)[O-])cc23)ccn1. The van der Waals surface area contributed by atoms with E-state index in [1.54, 1.807) is 12.3 Å². The van der Waals surface area contributed by atoms with Crippen LogP contribution in [0.2, 0.25) is 0 Å². The lowest BCUT2D eigenvalue weighted by Crippen LogP contribution is -2.38. The number of hydrogen-bond acceptors (Lipinski definition) is 6. The van der Waals surface area contributed by atoms with Crippen molar-refractivity contribution in [2.45, 2.75) is 12.5 Å². The zero-order valence-corrected chi connectivity index (χ0v) is 23.1. The van der Waals surface area contributed by atoms with E-state index in [0.717, 1.165) is 34.0 Å². The number of nitrogens with zero attached hydrogens (tertiary/aromatic N) is 4. The first kappa shape index (κ1) is 27.3. The molecule has 4 aromatic carbocycles. The highest BCUT2D eigenvalue weighted by molar-refractivity contribution is 5.98. The molecule has 0 unspecified atom stereocenters. The standard InChI is InChI=1S/C35H26N4O4/c1-24-21-26(19-20-36-24)34-30-22-25(17-18-33(40)41)31(39(42)43)23-32(30)38(37-34)35(27-11-5-2-6-12-27,28-13-7-3-8-14-28)29-15-9-4-10-16-29/h2-23H,1H3,(H,40,41)/p-1/b18-17+. The molecule has 0 fully saturated rings. The molecule has 0 aliphatic carbocycles. The van der Waals surface area contributed by atoms with Gasteiger partial charge in [-0.15, -0.1) is 0 Å². The van der Waals surface area contributed by atoms with E-state index >= 15 is 0 Å². The maximum Gasteiger partial charge on any atom is 0.278 e. The minimum absolute atomic E-state index is 0.123. The van der Waals surface area contributed by atoms with Gasteiger partial charge in [0.1, 0.15) is 11.2 Å². The van der Waals surface area contributed by atoms with Crippen LogP contribution in [0, 0.1) is 17.0 Å². The second-order valence-electron chi connectivity index (χ2n) is 10.1. The Morgan fingerprint density at radius 2 is 1.40 bits per heavy atom. The Bertz CT molecular complexity index is 1890. The summed E-state index contributed by atoms with van der Waals surface area (Å²) in [5.41, 5.74) is 4.14. The van der Waals surface area contributed by atoms with Gasteiger partial charge in [-0.05, 0) is 54.0 Å². The Kier molecular flexibility index (Phi) is 7.09. The maximum atomic E-state index is 12.4. The van der Waals surface area contributed by atoms with Gasteiger partial charge in [-0.3, -0.25) is 15.1 Å². The quantitative estimate of drug-likeness (QED) is 0.0980. The van der Waals surface area contributed by atoms with Crippen LogP contribution in [0.3, 0.4) is 0 Å². The highest BCUT2D eigenvalue weighted by Crippen LogP contribution is 2.45. The third kappa shape index (κ3) is 4.85. The summed E-state index contributed by atoms with van der Waals surface area (Å²) >= 11 is 0. The van der Waals surface area contributed by atoms with Gasteiger partial charge in [0.15, 0.2) is 0 Å². The minimum Gasteiger partial charge on any atom is -0.545 e. The van der Waals surface area contributed by atoms with E-state index < -0.39 is 16.4 Å². The van der Waals surface area contributed by atoms with Crippen molar-refractivity contribution in [2.75, 3.05) is 0 Å². The van der Waals surface area contributed by atoms with E-state index in [1.807, 2.05) is 115 Å².